The van der Waals surface area contributed by atoms with E-state index in [2.05, 4.69) is 5.32 Å². The van der Waals surface area contributed by atoms with E-state index in [-0.39, 0.29) is 12.1 Å². The molecule has 2 atom stereocenters. The standard InChI is InChI=1S/C11H19ClN2O2/c1-10(2,3)16-9(15)14-8-4-5-11(14,12)7-13-6-8/h8,13H,4-7H2,1-3H3. The smallest absolute Gasteiger partial charge is 0.412 e. The monoisotopic (exact) mass is 246 g/mol. The van der Waals surface area contributed by atoms with Gasteiger partial charge in [0, 0.05) is 19.1 Å². The summed E-state index contributed by atoms with van der Waals surface area (Å²) in [7, 11) is 0. The quantitative estimate of drug-likeness (QED) is 0.525. The Labute approximate surface area is 101 Å². The van der Waals surface area contributed by atoms with Crippen molar-refractivity contribution < 1.29 is 9.53 Å². The SMILES string of the molecule is CC(C)(C)OC(=O)N1C2CCC1(Cl)CNC2. The molecule has 0 aliphatic carbocycles. The summed E-state index contributed by atoms with van der Waals surface area (Å²) in [5, 5.41) is 3.25. The number of nitrogens with one attached hydrogen (secondary N) is 1. The minimum absolute atomic E-state index is 0.182. The largest absolute Gasteiger partial charge is 0.444 e. The molecule has 0 spiro atoms. The number of hydrogen-bond acceptors (Lipinski definition) is 3. The van der Waals surface area contributed by atoms with Gasteiger partial charge in [-0.2, -0.15) is 0 Å². The van der Waals surface area contributed by atoms with Gasteiger partial charge in [-0.15, -0.1) is 0 Å². The maximum Gasteiger partial charge on any atom is 0.412 e. The van der Waals surface area contributed by atoms with Crippen molar-refractivity contribution in [2.75, 3.05) is 13.1 Å². The van der Waals surface area contributed by atoms with Crippen molar-refractivity contribution >= 4 is 17.7 Å². The first-order valence-electron chi connectivity index (χ1n) is 5.74. The maximum absolute atomic E-state index is 12.1. The molecule has 16 heavy (non-hydrogen) atoms. The van der Waals surface area contributed by atoms with Gasteiger partial charge in [0.25, 0.3) is 0 Å². The summed E-state index contributed by atoms with van der Waals surface area (Å²) in [4.78, 5) is 13.2. The molecule has 0 aromatic heterocycles. The predicted molar refractivity (Wildman–Crippen MR) is 62.5 cm³/mol. The van der Waals surface area contributed by atoms with Crippen LogP contribution in [0.2, 0.25) is 0 Å². The first-order valence-corrected chi connectivity index (χ1v) is 6.12. The predicted octanol–water partition coefficient (Wildman–Crippen LogP) is 1.92. The summed E-state index contributed by atoms with van der Waals surface area (Å²) in [5.74, 6) is 0. The lowest BCUT2D eigenvalue weighted by atomic mass is 10.2. The van der Waals surface area contributed by atoms with Gasteiger partial charge in [0.15, 0.2) is 0 Å². The Bertz CT molecular complexity index is 299. The molecule has 2 fully saturated rings. The van der Waals surface area contributed by atoms with Crippen molar-refractivity contribution in [2.24, 2.45) is 0 Å². The number of hydrogen-bond donors (Lipinski definition) is 1. The van der Waals surface area contributed by atoms with E-state index >= 15 is 0 Å². The molecule has 0 radical (unpaired) electrons. The zero-order valence-corrected chi connectivity index (χ0v) is 10.8. The minimum Gasteiger partial charge on any atom is -0.444 e. The molecule has 1 N–H and O–H groups in total. The van der Waals surface area contributed by atoms with Gasteiger partial charge in [0.1, 0.15) is 10.6 Å². The van der Waals surface area contributed by atoms with Crippen LogP contribution in [0, 0.1) is 0 Å². The Balaban J connectivity index is 2.12. The van der Waals surface area contributed by atoms with Crippen LogP contribution < -0.4 is 5.32 Å². The zero-order valence-electron chi connectivity index (χ0n) is 10.0. The number of carbonyl (C=O) groups is 1. The fourth-order valence-electron chi connectivity index (χ4n) is 2.39. The number of halogens is 1. The topological polar surface area (TPSA) is 41.6 Å². The number of rotatable bonds is 0. The number of piperazine rings is 1. The van der Waals surface area contributed by atoms with Crippen molar-refractivity contribution in [3.63, 3.8) is 0 Å². The molecule has 2 aliphatic rings. The van der Waals surface area contributed by atoms with Gasteiger partial charge in [-0.25, -0.2) is 4.79 Å². The van der Waals surface area contributed by atoms with Crippen LogP contribution in [0.25, 0.3) is 0 Å². The van der Waals surface area contributed by atoms with Crippen LogP contribution in [0.4, 0.5) is 4.79 Å². The molecule has 1 amide bonds. The molecule has 5 heteroatoms. The third-order valence-electron chi connectivity index (χ3n) is 3.02. The van der Waals surface area contributed by atoms with E-state index in [9.17, 15) is 4.79 Å². The first kappa shape index (κ1) is 12.0. The van der Waals surface area contributed by atoms with Gasteiger partial charge in [0.05, 0.1) is 0 Å². The highest BCUT2D eigenvalue weighted by atomic mass is 35.5. The lowest BCUT2D eigenvalue weighted by molar-refractivity contribution is 0.00472. The average molecular weight is 247 g/mol. The third kappa shape index (κ3) is 2.13. The van der Waals surface area contributed by atoms with Crippen molar-refractivity contribution in [3.8, 4) is 0 Å². The molecule has 2 heterocycles. The van der Waals surface area contributed by atoms with E-state index in [4.69, 9.17) is 16.3 Å². The third-order valence-corrected chi connectivity index (χ3v) is 3.53. The van der Waals surface area contributed by atoms with E-state index in [1.54, 1.807) is 4.90 Å². The van der Waals surface area contributed by atoms with Crippen LogP contribution in [0.3, 0.4) is 0 Å². The Morgan fingerprint density at radius 2 is 2.25 bits per heavy atom. The minimum atomic E-state index is -0.578. The molecule has 0 saturated carbocycles. The van der Waals surface area contributed by atoms with Crippen molar-refractivity contribution in [1.29, 1.82) is 0 Å². The van der Waals surface area contributed by atoms with Crippen molar-refractivity contribution in [3.05, 3.63) is 0 Å². The van der Waals surface area contributed by atoms with E-state index < -0.39 is 10.6 Å². The molecule has 2 rings (SSSR count). The first-order chi connectivity index (χ1) is 7.32. The van der Waals surface area contributed by atoms with E-state index in [1.807, 2.05) is 20.8 Å². The summed E-state index contributed by atoms with van der Waals surface area (Å²) in [5.41, 5.74) is -0.464. The van der Waals surface area contributed by atoms with Crippen LogP contribution in [-0.2, 0) is 4.74 Å². The number of carbonyl (C=O) groups excluding carboxylic acids is 1. The fourth-order valence-corrected chi connectivity index (χ4v) is 2.80. The summed E-state index contributed by atoms with van der Waals surface area (Å²) >= 11 is 6.45. The highest BCUT2D eigenvalue weighted by molar-refractivity contribution is 6.25. The molecular formula is C11H19ClN2O2. The Hall–Kier alpha value is -0.480. The van der Waals surface area contributed by atoms with Crippen LogP contribution in [0.15, 0.2) is 0 Å². The zero-order chi connectivity index (χ0) is 12.0. The highest BCUT2D eigenvalue weighted by Gasteiger charge is 2.51. The van der Waals surface area contributed by atoms with Gasteiger partial charge in [-0.1, -0.05) is 11.6 Å². The molecule has 0 aromatic rings. The van der Waals surface area contributed by atoms with E-state index in [1.165, 1.54) is 0 Å². The number of fused-ring (bicyclic) bond motifs is 2. The van der Waals surface area contributed by atoms with Crippen LogP contribution in [-0.4, -0.2) is 40.7 Å². The molecule has 2 aliphatic heterocycles. The van der Waals surface area contributed by atoms with Crippen LogP contribution in [0.1, 0.15) is 33.6 Å². The fraction of sp³-hybridized carbons (Fsp3) is 0.909. The average Bonchev–Trinajstić information content (AvgIpc) is 2.30. The van der Waals surface area contributed by atoms with Gasteiger partial charge in [0.2, 0.25) is 0 Å². The molecule has 2 unspecified atom stereocenters. The lowest BCUT2D eigenvalue weighted by Crippen LogP contribution is -2.60. The highest BCUT2D eigenvalue weighted by Crippen LogP contribution is 2.40. The Morgan fingerprint density at radius 3 is 2.81 bits per heavy atom. The van der Waals surface area contributed by atoms with Gasteiger partial charge in [-0.05, 0) is 33.6 Å². The van der Waals surface area contributed by atoms with Gasteiger partial charge >= 0.3 is 6.09 Å². The second kappa shape index (κ2) is 3.77. The van der Waals surface area contributed by atoms with Crippen LogP contribution in [0.5, 0.6) is 0 Å². The number of amides is 1. The Kier molecular flexibility index (Phi) is 2.83. The molecule has 92 valence electrons. The van der Waals surface area contributed by atoms with E-state index in [0.717, 1.165) is 19.4 Å². The van der Waals surface area contributed by atoms with Gasteiger partial charge < -0.3 is 10.1 Å². The molecule has 4 nitrogen and oxygen atoms in total. The molecule has 2 saturated heterocycles. The molecule has 2 bridgehead atoms. The second-order valence-corrected chi connectivity index (χ2v) is 6.30. The molecule has 0 aromatic carbocycles. The maximum atomic E-state index is 12.1. The summed E-state index contributed by atoms with van der Waals surface area (Å²) in [6.45, 7) is 7.07. The summed E-state index contributed by atoms with van der Waals surface area (Å²) in [6.07, 6.45) is 1.51. The number of nitrogens with zero attached hydrogens (tertiary/aromatic N) is 1. The van der Waals surface area contributed by atoms with Crippen LogP contribution >= 0.6 is 11.6 Å². The number of alkyl halides is 1. The van der Waals surface area contributed by atoms with Gasteiger partial charge in [-0.3, -0.25) is 4.90 Å². The normalized spacial score (nSPS) is 34.0. The summed E-state index contributed by atoms with van der Waals surface area (Å²) < 4.78 is 5.40. The lowest BCUT2D eigenvalue weighted by Gasteiger charge is -2.41. The number of ether oxygens (including phenoxy) is 1. The second-order valence-electron chi connectivity index (χ2n) is 5.59. The van der Waals surface area contributed by atoms with Crippen molar-refractivity contribution in [1.82, 2.24) is 10.2 Å². The molecular weight excluding hydrogens is 228 g/mol. The van der Waals surface area contributed by atoms with Crippen molar-refractivity contribution in [2.45, 2.75) is 50.3 Å². The summed E-state index contributed by atoms with van der Waals surface area (Å²) in [6, 6.07) is 0.182. The Morgan fingerprint density at radius 1 is 1.56 bits per heavy atom. The van der Waals surface area contributed by atoms with E-state index in [0.29, 0.717) is 6.54 Å².